The first-order valence-corrected chi connectivity index (χ1v) is 15.3. The molecule has 5 aromatic rings. The first kappa shape index (κ1) is 31.5. The zero-order valence-corrected chi connectivity index (χ0v) is 27.1. The molecule has 4 aromatic carbocycles. The highest BCUT2D eigenvalue weighted by molar-refractivity contribution is 5.89. The summed E-state index contributed by atoms with van der Waals surface area (Å²) in [5.41, 5.74) is 3.20. The molecule has 0 spiro atoms. The first-order valence-electron chi connectivity index (χ1n) is 15.3. The number of nitrogens with one attached hydrogen (secondary N) is 2. The molecule has 0 aliphatic carbocycles. The largest absolute Gasteiger partial charge is 0.496 e. The van der Waals surface area contributed by atoms with Gasteiger partial charge in [0.25, 0.3) is 0 Å². The Hall–Kier alpha value is -5.51. The van der Waals surface area contributed by atoms with E-state index in [0.29, 0.717) is 40.7 Å². The fourth-order valence-corrected chi connectivity index (χ4v) is 6.05. The van der Waals surface area contributed by atoms with Crippen molar-refractivity contribution in [3.63, 3.8) is 0 Å². The van der Waals surface area contributed by atoms with Gasteiger partial charge in [-0.15, -0.1) is 0 Å². The second kappa shape index (κ2) is 13.5. The Morgan fingerprint density at radius 1 is 0.681 bits per heavy atom. The van der Waals surface area contributed by atoms with E-state index in [2.05, 4.69) is 34.9 Å². The topological polar surface area (TPSA) is 110 Å². The lowest BCUT2D eigenvalue weighted by molar-refractivity contribution is 0.292. The maximum atomic E-state index is 14.2. The van der Waals surface area contributed by atoms with Crippen LogP contribution in [0.3, 0.4) is 0 Å². The van der Waals surface area contributed by atoms with E-state index in [1.54, 1.807) is 24.3 Å². The molecule has 0 saturated carbocycles. The number of anilines is 2. The van der Waals surface area contributed by atoms with E-state index in [9.17, 15) is 4.79 Å². The minimum absolute atomic E-state index is 0.0533. The number of para-hydroxylation sites is 2. The van der Waals surface area contributed by atoms with Crippen LogP contribution in [0.25, 0.3) is 22.3 Å². The van der Waals surface area contributed by atoms with Gasteiger partial charge in [0.1, 0.15) is 28.1 Å². The fraction of sp³-hybridized carbons (Fsp3) is 0.270. The number of methoxy groups -OCH3 is 5. The van der Waals surface area contributed by atoms with Crippen molar-refractivity contribution in [2.75, 3.05) is 52.8 Å². The van der Waals surface area contributed by atoms with Gasteiger partial charge in [-0.1, -0.05) is 42.5 Å². The van der Waals surface area contributed by atoms with Gasteiger partial charge in [0.15, 0.2) is 17.3 Å². The quantitative estimate of drug-likeness (QED) is 0.126. The lowest BCUT2D eigenvalue weighted by Gasteiger charge is -2.32. The van der Waals surface area contributed by atoms with Crippen molar-refractivity contribution in [3.8, 4) is 45.8 Å². The monoisotopic (exact) mass is 638 g/mol. The highest BCUT2D eigenvalue weighted by atomic mass is 16.5. The molecule has 0 unspecified atom stereocenters. The van der Waals surface area contributed by atoms with E-state index >= 15 is 0 Å². The van der Waals surface area contributed by atoms with Gasteiger partial charge in [0, 0.05) is 17.7 Å². The van der Waals surface area contributed by atoms with Crippen LogP contribution in [0.4, 0.5) is 11.4 Å². The number of hydrogen-bond acceptors (Lipinski definition) is 10. The Morgan fingerprint density at radius 2 is 1.32 bits per heavy atom. The van der Waals surface area contributed by atoms with Crippen LogP contribution in [0.2, 0.25) is 0 Å². The van der Waals surface area contributed by atoms with E-state index in [4.69, 9.17) is 32.8 Å². The molecule has 6 rings (SSSR count). The third-order valence-corrected chi connectivity index (χ3v) is 8.36. The molecule has 2 N–H and O–H groups in total. The van der Waals surface area contributed by atoms with Crippen molar-refractivity contribution >= 4 is 22.3 Å². The Morgan fingerprint density at radius 3 is 1.91 bits per heavy atom. The molecule has 47 heavy (non-hydrogen) atoms. The van der Waals surface area contributed by atoms with Gasteiger partial charge in [-0.05, 0) is 49.1 Å². The van der Waals surface area contributed by atoms with Crippen molar-refractivity contribution in [2.45, 2.75) is 24.9 Å². The molecule has 0 bridgehead atoms. The normalized spacial score (nSPS) is 12.9. The Bertz CT molecular complexity index is 1890. The minimum Gasteiger partial charge on any atom is -0.496 e. The molecule has 10 nitrogen and oxygen atoms in total. The van der Waals surface area contributed by atoms with Crippen LogP contribution in [-0.4, -0.2) is 42.2 Å². The van der Waals surface area contributed by atoms with Crippen molar-refractivity contribution < 1.29 is 32.8 Å². The molecule has 2 heterocycles. The highest BCUT2D eigenvalue weighted by Gasteiger charge is 2.37. The molecule has 1 aliphatic rings. The van der Waals surface area contributed by atoms with Crippen molar-refractivity contribution in [2.24, 2.45) is 0 Å². The molecular weight excluding hydrogens is 600 g/mol. The van der Waals surface area contributed by atoms with Gasteiger partial charge in [-0.3, -0.25) is 4.79 Å². The third-order valence-electron chi connectivity index (χ3n) is 8.36. The Balaban J connectivity index is 1.32. The minimum atomic E-state index is -0.472. The summed E-state index contributed by atoms with van der Waals surface area (Å²) in [4.78, 5) is 14.2. The van der Waals surface area contributed by atoms with Crippen LogP contribution in [-0.2, 0) is 5.66 Å². The number of ether oxygens (including phenoxy) is 6. The molecule has 0 radical (unpaired) electrons. The first-order chi connectivity index (χ1) is 22.9. The fourth-order valence-electron chi connectivity index (χ4n) is 6.05. The van der Waals surface area contributed by atoms with Gasteiger partial charge >= 0.3 is 0 Å². The average molecular weight is 639 g/mol. The van der Waals surface area contributed by atoms with Crippen molar-refractivity contribution in [1.82, 2.24) is 0 Å². The summed E-state index contributed by atoms with van der Waals surface area (Å²) in [7, 11) is 7.61. The lowest BCUT2D eigenvalue weighted by Crippen LogP contribution is -2.38. The summed E-state index contributed by atoms with van der Waals surface area (Å²) in [6.45, 7) is 0.268. The number of fused-ring (bicyclic) bond motifs is 2. The van der Waals surface area contributed by atoms with Gasteiger partial charge in [0.2, 0.25) is 16.9 Å². The van der Waals surface area contributed by atoms with Crippen LogP contribution in [0.15, 0.2) is 88.1 Å². The Labute approximate surface area is 273 Å². The zero-order chi connectivity index (χ0) is 33.0. The summed E-state index contributed by atoms with van der Waals surface area (Å²) >= 11 is 0. The van der Waals surface area contributed by atoms with Crippen LogP contribution in [0.5, 0.6) is 34.5 Å². The van der Waals surface area contributed by atoms with Gasteiger partial charge < -0.3 is 43.5 Å². The summed E-state index contributed by atoms with van der Waals surface area (Å²) in [5, 5.41) is 7.67. The predicted octanol–water partition coefficient (Wildman–Crippen LogP) is 7.44. The maximum Gasteiger partial charge on any atom is 0.239 e. The molecule has 0 saturated heterocycles. The zero-order valence-electron chi connectivity index (χ0n) is 27.1. The number of benzene rings is 4. The van der Waals surface area contributed by atoms with Gasteiger partial charge in [-0.2, -0.15) is 0 Å². The second-order valence-corrected chi connectivity index (χ2v) is 11.1. The van der Waals surface area contributed by atoms with Gasteiger partial charge in [-0.25, -0.2) is 0 Å². The second-order valence-electron chi connectivity index (χ2n) is 11.1. The lowest BCUT2D eigenvalue weighted by atomic mass is 9.94. The van der Waals surface area contributed by atoms with Crippen molar-refractivity contribution in [1.29, 1.82) is 0 Å². The number of rotatable bonds is 13. The highest BCUT2D eigenvalue weighted by Crippen LogP contribution is 2.45. The molecule has 0 fully saturated rings. The van der Waals surface area contributed by atoms with Crippen LogP contribution in [0.1, 0.15) is 24.8 Å². The summed E-state index contributed by atoms with van der Waals surface area (Å²) in [5.74, 6) is 2.29. The molecular formula is C37H38N2O8. The van der Waals surface area contributed by atoms with E-state index in [1.165, 1.54) is 35.5 Å². The smallest absolute Gasteiger partial charge is 0.239 e. The maximum absolute atomic E-state index is 14.2. The summed E-state index contributed by atoms with van der Waals surface area (Å²) in [6, 6.07) is 25.2. The van der Waals surface area contributed by atoms with E-state index in [0.717, 1.165) is 29.8 Å². The molecule has 0 atom stereocenters. The van der Waals surface area contributed by atoms with Crippen LogP contribution in [0, 0.1) is 0 Å². The van der Waals surface area contributed by atoms with Crippen molar-refractivity contribution in [3.05, 3.63) is 94.6 Å². The molecule has 244 valence electrons. The molecule has 1 aliphatic heterocycles. The third kappa shape index (κ3) is 5.94. The van der Waals surface area contributed by atoms with E-state index in [1.807, 2.05) is 30.3 Å². The Kier molecular flexibility index (Phi) is 9.01. The molecule has 0 amide bonds. The average Bonchev–Trinajstić information content (AvgIpc) is 3.51. The summed E-state index contributed by atoms with van der Waals surface area (Å²) < 4.78 is 40.4. The molecule has 1 aromatic heterocycles. The predicted molar refractivity (Wildman–Crippen MR) is 182 cm³/mol. The van der Waals surface area contributed by atoms with E-state index < -0.39 is 5.66 Å². The number of hydrogen-bond donors (Lipinski definition) is 2. The summed E-state index contributed by atoms with van der Waals surface area (Å²) in [6.07, 6.45) is 2.23. The number of unbranched alkanes of at least 4 members (excludes halogenated alkanes) is 1. The van der Waals surface area contributed by atoms with E-state index in [-0.39, 0.29) is 34.5 Å². The van der Waals surface area contributed by atoms with Crippen LogP contribution < -0.4 is 44.5 Å². The SMILES string of the molecule is COc1cc(OC)c2c(=O)c(OCCCCC3(c4ccccc4)Nc4ccccc4N3)c(-c3cc(OC)c(OC)c(OC)c3)oc2c1. The van der Waals surface area contributed by atoms with Crippen LogP contribution >= 0.6 is 0 Å². The molecule has 10 heteroatoms. The standard InChI is InChI=1S/C37H38N2O8/c1-41-25-21-28(42-2)32-29(22-25)47-34(23-19-30(43-3)35(45-5)31(20-23)44-4)36(33(32)40)46-18-12-11-17-37(24-13-7-6-8-14-24)38-26-15-9-10-16-27(26)39-37/h6-10,13-16,19-22,38-39H,11-12,17-18H2,1-5H3. The van der Waals surface area contributed by atoms with Gasteiger partial charge in [0.05, 0.1) is 53.5 Å².